The average Bonchev–Trinajstić information content (AvgIpc) is 3.06. The SMILES string of the molecule is CN(Cc1cc2c(cn1)C1CC(C2)C1(C)C)[C@H]1CCCC[C@@H]1N(C)Cc1cc2c(cn1)C1CC(C2)C1(C)C.O=S(=O)(O)C(F)(F)F.O=S(=O)(O)C(F)(F)F.[Fe]. The van der Waals surface area contributed by atoms with E-state index < -0.39 is 31.3 Å². The first kappa shape index (κ1) is 45.8. The molecule has 0 radical (unpaired) electrons. The fourth-order valence-corrected chi connectivity index (χ4v) is 9.45. The van der Waals surface area contributed by atoms with Gasteiger partial charge in [0, 0.05) is 54.6 Å². The standard InChI is InChI=1S/C34H48N4.2CHF3O3S.Fe/c1-33(2)23-11-21-13-25(35-17-27(21)29(33)15-23)19-37(5)31-9-7-8-10-32(31)38(6)20-26-14-22-12-24-16-30(34(24,3)4)28(22)18-36-26;2*2-1(3,4)8(5,6)7;/h13-14,17-18,23-24,29-32H,7-12,15-16,19-20H2,1-6H3;2*(H,5,6,7);/t23?,24?,29?,30?,31-,32-;;;/m0.../s1. The fraction of sp³-hybridized carbons (Fsp3) is 0.722. The fourth-order valence-electron chi connectivity index (χ4n) is 9.45. The molecule has 3 saturated carbocycles. The maximum atomic E-state index is 10.7. The molecule has 0 spiro atoms. The Morgan fingerprint density at radius 2 is 1.00 bits per heavy atom. The van der Waals surface area contributed by atoms with Crippen LogP contribution in [0, 0.1) is 22.7 Å². The van der Waals surface area contributed by atoms with Crippen molar-refractivity contribution >= 4 is 20.2 Å². The largest absolute Gasteiger partial charge is 0.522 e. The van der Waals surface area contributed by atoms with Crippen LogP contribution in [0.4, 0.5) is 26.3 Å². The van der Waals surface area contributed by atoms with Crippen LogP contribution in [0.1, 0.15) is 112 Å². The molecule has 0 aromatic carbocycles. The predicted octanol–water partition coefficient (Wildman–Crippen LogP) is 7.51. The van der Waals surface area contributed by atoms with Crippen molar-refractivity contribution in [1.82, 2.24) is 19.8 Å². The van der Waals surface area contributed by atoms with Crippen LogP contribution >= 0.6 is 0 Å². The van der Waals surface area contributed by atoms with Gasteiger partial charge < -0.3 is 0 Å². The van der Waals surface area contributed by atoms with E-state index in [2.05, 4.69) is 76.1 Å². The molecule has 6 atom stereocenters. The molecule has 2 heterocycles. The molecule has 2 aromatic rings. The molecule has 10 nitrogen and oxygen atoms in total. The van der Waals surface area contributed by atoms with Crippen molar-refractivity contribution in [2.45, 2.75) is 127 Å². The van der Waals surface area contributed by atoms with Crippen LogP contribution in [0.3, 0.4) is 0 Å². The average molecular weight is 869 g/mol. The van der Waals surface area contributed by atoms with Crippen molar-refractivity contribution in [1.29, 1.82) is 0 Å². The van der Waals surface area contributed by atoms with Gasteiger partial charge in [0.2, 0.25) is 0 Å². The van der Waals surface area contributed by atoms with E-state index in [1.165, 1.54) is 73.9 Å². The van der Waals surface area contributed by atoms with E-state index in [1.807, 2.05) is 0 Å². The van der Waals surface area contributed by atoms with Crippen LogP contribution in [0.25, 0.3) is 0 Å². The molecule has 7 aliphatic rings. The van der Waals surface area contributed by atoms with Gasteiger partial charge in [0.15, 0.2) is 0 Å². The molecule has 0 aliphatic heterocycles. The maximum absolute atomic E-state index is 10.7. The maximum Gasteiger partial charge on any atom is 0.522 e. The zero-order chi connectivity index (χ0) is 40.4. The molecule has 7 aliphatic carbocycles. The van der Waals surface area contributed by atoms with Crippen LogP contribution in [0.2, 0.25) is 0 Å². The Bertz CT molecular complexity index is 1790. The third-order valence-corrected chi connectivity index (χ3v) is 14.2. The molecule has 4 bridgehead atoms. The van der Waals surface area contributed by atoms with E-state index in [0.717, 1.165) is 36.8 Å². The molecule has 19 heteroatoms. The summed E-state index contributed by atoms with van der Waals surface area (Å²) in [7, 11) is -7.01. The Morgan fingerprint density at radius 1 is 0.691 bits per heavy atom. The van der Waals surface area contributed by atoms with Crippen molar-refractivity contribution < 1.29 is 69.4 Å². The van der Waals surface area contributed by atoms with E-state index in [1.54, 1.807) is 11.1 Å². The molecule has 55 heavy (non-hydrogen) atoms. The second kappa shape index (κ2) is 16.1. The van der Waals surface area contributed by atoms with Gasteiger partial charge in [-0.25, -0.2) is 0 Å². The van der Waals surface area contributed by atoms with E-state index in [4.69, 9.17) is 35.9 Å². The first-order chi connectivity index (χ1) is 24.6. The Balaban J connectivity index is 0.000000335. The van der Waals surface area contributed by atoms with Crippen LogP contribution in [-0.2, 0) is 63.2 Å². The summed E-state index contributed by atoms with van der Waals surface area (Å²) < 4.78 is 115. The van der Waals surface area contributed by atoms with E-state index in [9.17, 15) is 26.3 Å². The molecule has 2 N–H and O–H groups in total. The normalized spacial score (nSPS) is 27.4. The zero-order valence-electron chi connectivity index (χ0n) is 31.6. The summed E-state index contributed by atoms with van der Waals surface area (Å²) in [6.07, 6.45) is 14.9. The number of alkyl halides is 6. The van der Waals surface area contributed by atoms with Gasteiger partial charge in [-0.05, 0) is 122 Å². The summed E-state index contributed by atoms with van der Waals surface area (Å²) in [6.45, 7) is 11.7. The van der Waals surface area contributed by atoms with E-state index in [-0.39, 0.29) is 17.1 Å². The molecular formula is C36H50F6FeN4O6S2. The van der Waals surface area contributed by atoms with Crippen molar-refractivity contribution in [2.24, 2.45) is 22.7 Å². The summed E-state index contributed by atoms with van der Waals surface area (Å²) in [6, 6.07) is 6.05. The molecular weight excluding hydrogens is 818 g/mol. The molecule has 312 valence electrons. The summed E-state index contributed by atoms with van der Waals surface area (Å²) in [4.78, 5) is 15.2. The van der Waals surface area contributed by atoms with Gasteiger partial charge >= 0.3 is 31.3 Å². The Kier molecular flexibility index (Phi) is 13.4. The first-order valence-corrected chi connectivity index (χ1v) is 20.9. The second-order valence-corrected chi connectivity index (χ2v) is 19.7. The van der Waals surface area contributed by atoms with Crippen molar-refractivity contribution in [3.05, 3.63) is 58.2 Å². The van der Waals surface area contributed by atoms with Crippen molar-refractivity contribution in [2.75, 3.05) is 14.1 Å². The minimum atomic E-state index is -5.84. The molecule has 2 aromatic heterocycles. The van der Waals surface area contributed by atoms with Gasteiger partial charge in [-0.3, -0.25) is 28.9 Å². The van der Waals surface area contributed by atoms with Crippen LogP contribution in [0.5, 0.6) is 0 Å². The van der Waals surface area contributed by atoms with Crippen molar-refractivity contribution in [3.8, 4) is 0 Å². The minimum Gasteiger partial charge on any atom is -0.296 e. The summed E-state index contributed by atoms with van der Waals surface area (Å²) in [5.41, 5.74) is -1.37. The number of rotatable bonds is 6. The number of hydrogen-bond donors (Lipinski definition) is 2. The number of nitrogens with zero attached hydrogens (tertiary/aromatic N) is 4. The number of pyridine rings is 2. The van der Waals surface area contributed by atoms with Gasteiger partial charge in [0.25, 0.3) is 0 Å². The van der Waals surface area contributed by atoms with Gasteiger partial charge in [-0.1, -0.05) is 40.5 Å². The quantitative estimate of drug-likeness (QED) is 0.130. The van der Waals surface area contributed by atoms with Crippen LogP contribution in [0.15, 0.2) is 24.5 Å². The van der Waals surface area contributed by atoms with Gasteiger partial charge in [0.05, 0.1) is 11.4 Å². The monoisotopic (exact) mass is 868 g/mol. The van der Waals surface area contributed by atoms with Crippen LogP contribution in [-0.4, -0.2) is 82.9 Å². The predicted molar refractivity (Wildman–Crippen MR) is 189 cm³/mol. The zero-order valence-corrected chi connectivity index (χ0v) is 34.3. The van der Waals surface area contributed by atoms with Gasteiger partial charge in [0.1, 0.15) is 0 Å². The third kappa shape index (κ3) is 9.55. The molecule has 0 saturated heterocycles. The third-order valence-electron chi connectivity index (χ3n) is 13.0. The minimum absolute atomic E-state index is 0. The molecule has 9 rings (SSSR count). The van der Waals surface area contributed by atoms with Crippen LogP contribution < -0.4 is 0 Å². The van der Waals surface area contributed by atoms with E-state index in [0.29, 0.717) is 22.9 Å². The smallest absolute Gasteiger partial charge is 0.296 e. The Morgan fingerprint density at radius 3 is 1.27 bits per heavy atom. The second-order valence-electron chi connectivity index (χ2n) is 16.9. The number of likely N-dealkylation sites (N-methyl/N-ethyl adjacent to an activating group) is 2. The van der Waals surface area contributed by atoms with Gasteiger partial charge in [-0.15, -0.1) is 0 Å². The molecule has 3 fully saturated rings. The summed E-state index contributed by atoms with van der Waals surface area (Å²) in [5, 5.41) is 0. The van der Waals surface area contributed by atoms with E-state index >= 15 is 0 Å². The number of halogens is 6. The first-order valence-electron chi connectivity index (χ1n) is 18.1. The number of aromatic nitrogens is 2. The topological polar surface area (TPSA) is 141 Å². The Labute approximate surface area is 330 Å². The van der Waals surface area contributed by atoms with Gasteiger partial charge in [-0.2, -0.15) is 43.2 Å². The summed E-state index contributed by atoms with van der Waals surface area (Å²) >= 11 is 0. The number of hydrogen-bond acceptors (Lipinski definition) is 8. The summed E-state index contributed by atoms with van der Waals surface area (Å²) in [5.74, 6) is 3.17. The van der Waals surface area contributed by atoms with Crippen molar-refractivity contribution in [3.63, 3.8) is 0 Å². The Hall–Kier alpha value is -1.86. The molecule has 0 amide bonds. The molecule has 4 unspecified atom stereocenters.